The molecule has 0 fully saturated rings. The molecule has 0 saturated carbocycles. The predicted octanol–water partition coefficient (Wildman–Crippen LogP) is 1.70. The molecule has 2 heterocycles. The first-order chi connectivity index (χ1) is 12.1. The second-order valence-corrected chi connectivity index (χ2v) is 5.53. The highest BCUT2D eigenvalue weighted by atomic mass is 16.2. The molecule has 6 heteroatoms. The predicted molar refractivity (Wildman–Crippen MR) is 94.2 cm³/mol. The highest BCUT2D eigenvalue weighted by molar-refractivity contribution is 5.93. The van der Waals surface area contributed by atoms with E-state index in [2.05, 4.69) is 27.1 Å². The van der Waals surface area contributed by atoms with Crippen LogP contribution in [0.4, 0.5) is 0 Å². The largest absolute Gasteiger partial charge is 0.348 e. The van der Waals surface area contributed by atoms with Crippen LogP contribution in [0, 0.1) is 18.8 Å². The minimum absolute atomic E-state index is 0.0342. The van der Waals surface area contributed by atoms with Crippen LogP contribution in [0.1, 0.15) is 34.0 Å². The highest BCUT2D eigenvalue weighted by Crippen LogP contribution is 2.03. The van der Waals surface area contributed by atoms with E-state index in [4.69, 9.17) is 0 Å². The fraction of sp³-hybridized carbons (Fsp3) is 0.158. The topological polar surface area (TPSA) is 76.4 Å². The smallest absolute Gasteiger partial charge is 0.271 e. The molecule has 0 spiro atoms. The summed E-state index contributed by atoms with van der Waals surface area (Å²) in [5.41, 5.74) is 2.17. The van der Waals surface area contributed by atoms with Crippen LogP contribution >= 0.6 is 0 Å². The summed E-state index contributed by atoms with van der Waals surface area (Å²) in [7, 11) is 0. The molecule has 0 bridgehead atoms. The van der Waals surface area contributed by atoms with Crippen LogP contribution in [0.15, 0.2) is 47.7 Å². The van der Waals surface area contributed by atoms with Gasteiger partial charge in [0.2, 0.25) is 5.78 Å². The maximum absolute atomic E-state index is 12.6. The Bertz CT molecular complexity index is 1060. The number of aromatic nitrogens is 3. The van der Waals surface area contributed by atoms with Gasteiger partial charge in [-0.3, -0.25) is 9.59 Å². The molecule has 0 radical (unpaired) electrons. The van der Waals surface area contributed by atoms with Gasteiger partial charge in [-0.25, -0.2) is 14.4 Å². The van der Waals surface area contributed by atoms with E-state index in [1.165, 1.54) is 23.0 Å². The molecule has 6 nitrogen and oxygen atoms in total. The number of carbonyl (C=O) groups excluding carboxylic acids is 1. The molecule has 1 aromatic carbocycles. The van der Waals surface area contributed by atoms with E-state index in [9.17, 15) is 9.59 Å². The van der Waals surface area contributed by atoms with E-state index in [1.807, 2.05) is 31.2 Å². The molecule has 124 valence electrons. The molecule has 1 amide bonds. The lowest BCUT2D eigenvalue weighted by molar-refractivity contribution is 0.0949. The van der Waals surface area contributed by atoms with Crippen molar-refractivity contribution in [1.82, 2.24) is 19.7 Å². The first kappa shape index (κ1) is 16.4. The maximum Gasteiger partial charge on any atom is 0.271 e. The summed E-state index contributed by atoms with van der Waals surface area (Å²) in [6, 6.07) is 7.80. The monoisotopic (exact) mass is 332 g/mol. The lowest BCUT2D eigenvalue weighted by Gasteiger charge is -2.06. The second kappa shape index (κ2) is 6.97. The Balaban J connectivity index is 1.87. The second-order valence-electron chi connectivity index (χ2n) is 5.53. The Hall–Kier alpha value is -3.46. The van der Waals surface area contributed by atoms with Crippen molar-refractivity contribution in [3.63, 3.8) is 0 Å². The molecule has 0 aliphatic carbocycles. The fourth-order valence-electron chi connectivity index (χ4n) is 2.32. The summed E-state index contributed by atoms with van der Waals surface area (Å²) in [6.45, 7) is 4.02. The third-order valence-corrected chi connectivity index (χ3v) is 3.65. The van der Waals surface area contributed by atoms with Crippen LogP contribution in [0.3, 0.4) is 0 Å². The van der Waals surface area contributed by atoms with E-state index in [-0.39, 0.29) is 11.3 Å². The van der Waals surface area contributed by atoms with Crippen molar-refractivity contribution >= 4 is 11.7 Å². The normalized spacial score (nSPS) is 10.2. The maximum atomic E-state index is 12.6. The van der Waals surface area contributed by atoms with E-state index in [0.29, 0.717) is 12.1 Å². The number of benzene rings is 1. The molecule has 0 aliphatic heterocycles. The third kappa shape index (κ3) is 3.56. The van der Waals surface area contributed by atoms with Gasteiger partial charge in [-0.2, -0.15) is 0 Å². The van der Waals surface area contributed by atoms with Crippen molar-refractivity contribution in [2.24, 2.45) is 0 Å². The van der Waals surface area contributed by atoms with Gasteiger partial charge in [-0.1, -0.05) is 35.7 Å². The Morgan fingerprint density at radius 2 is 1.92 bits per heavy atom. The van der Waals surface area contributed by atoms with Crippen molar-refractivity contribution in [2.45, 2.75) is 20.4 Å². The van der Waals surface area contributed by atoms with E-state index >= 15 is 0 Å². The van der Waals surface area contributed by atoms with Gasteiger partial charge < -0.3 is 5.32 Å². The number of nitrogens with zero attached hydrogens (tertiary/aromatic N) is 3. The zero-order valence-electron chi connectivity index (χ0n) is 13.9. The SMILES string of the molecule is CC#Cc1cnc2ncc(C(=O)NCc3ccc(C)cc3)c(=O)n2c1. The average Bonchev–Trinajstić information content (AvgIpc) is 2.62. The number of carbonyl (C=O) groups is 1. The Kier molecular flexibility index (Phi) is 4.57. The molecule has 3 rings (SSSR count). The summed E-state index contributed by atoms with van der Waals surface area (Å²) >= 11 is 0. The van der Waals surface area contributed by atoms with Crippen molar-refractivity contribution in [2.75, 3.05) is 0 Å². The van der Waals surface area contributed by atoms with Gasteiger partial charge in [0.25, 0.3) is 11.5 Å². The summed E-state index contributed by atoms with van der Waals surface area (Å²) in [4.78, 5) is 33.1. The minimum atomic E-state index is -0.473. The number of hydrogen-bond donors (Lipinski definition) is 1. The van der Waals surface area contributed by atoms with E-state index in [1.54, 1.807) is 6.92 Å². The van der Waals surface area contributed by atoms with Crippen LogP contribution in [-0.2, 0) is 6.54 Å². The lowest BCUT2D eigenvalue weighted by Crippen LogP contribution is -2.31. The zero-order valence-corrected chi connectivity index (χ0v) is 13.9. The van der Waals surface area contributed by atoms with Crippen LogP contribution in [0.25, 0.3) is 5.78 Å². The van der Waals surface area contributed by atoms with Gasteiger partial charge in [0.05, 0.1) is 5.56 Å². The van der Waals surface area contributed by atoms with Crippen molar-refractivity contribution in [3.05, 3.63) is 75.5 Å². The van der Waals surface area contributed by atoms with Gasteiger partial charge in [0, 0.05) is 25.1 Å². The molecule has 0 unspecified atom stereocenters. The molecule has 1 N–H and O–H groups in total. The Morgan fingerprint density at radius 3 is 2.64 bits per heavy atom. The molecule has 0 saturated heterocycles. The summed E-state index contributed by atoms with van der Waals surface area (Å²) in [6.07, 6.45) is 4.32. The van der Waals surface area contributed by atoms with Crippen LogP contribution in [-0.4, -0.2) is 20.3 Å². The van der Waals surface area contributed by atoms with Gasteiger partial charge in [-0.15, -0.1) is 5.92 Å². The molecule has 0 aliphatic rings. The van der Waals surface area contributed by atoms with Crippen molar-refractivity contribution < 1.29 is 4.79 Å². The fourth-order valence-corrected chi connectivity index (χ4v) is 2.32. The van der Waals surface area contributed by atoms with Crippen LogP contribution in [0.5, 0.6) is 0 Å². The van der Waals surface area contributed by atoms with Gasteiger partial charge in [0.15, 0.2) is 0 Å². The first-order valence-electron chi connectivity index (χ1n) is 7.72. The average molecular weight is 332 g/mol. The summed E-state index contributed by atoms with van der Waals surface area (Å²) in [5, 5.41) is 2.74. The number of amides is 1. The number of rotatable bonds is 3. The molecule has 0 atom stereocenters. The third-order valence-electron chi connectivity index (χ3n) is 3.65. The molecular weight excluding hydrogens is 316 g/mol. The summed E-state index contributed by atoms with van der Waals surface area (Å²) in [5.74, 6) is 5.32. The van der Waals surface area contributed by atoms with Gasteiger partial charge in [0.1, 0.15) is 5.56 Å². The number of fused-ring (bicyclic) bond motifs is 1. The van der Waals surface area contributed by atoms with Gasteiger partial charge >= 0.3 is 0 Å². The van der Waals surface area contributed by atoms with Crippen LogP contribution in [0.2, 0.25) is 0 Å². The number of nitrogens with one attached hydrogen (secondary N) is 1. The van der Waals surface area contributed by atoms with E-state index in [0.717, 1.165) is 11.1 Å². The first-order valence-corrected chi connectivity index (χ1v) is 7.72. The van der Waals surface area contributed by atoms with Crippen molar-refractivity contribution in [3.8, 4) is 11.8 Å². The molecule has 3 aromatic rings. The van der Waals surface area contributed by atoms with Crippen molar-refractivity contribution in [1.29, 1.82) is 0 Å². The summed E-state index contributed by atoms with van der Waals surface area (Å²) < 4.78 is 1.24. The Morgan fingerprint density at radius 1 is 1.20 bits per heavy atom. The lowest BCUT2D eigenvalue weighted by atomic mass is 10.1. The highest BCUT2D eigenvalue weighted by Gasteiger charge is 2.13. The molecule has 25 heavy (non-hydrogen) atoms. The van der Waals surface area contributed by atoms with Gasteiger partial charge in [-0.05, 0) is 19.4 Å². The molecule has 2 aromatic heterocycles. The quantitative estimate of drug-likeness (QED) is 0.741. The van der Waals surface area contributed by atoms with E-state index < -0.39 is 11.5 Å². The van der Waals surface area contributed by atoms with Crippen LogP contribution < -0.4 is 10.9 Å². The molecular formula is C19H16N4O2. The standard InChI is InChI=1S/C19H16N4O2/c1-3-4-15-10-21-19-22-11-16(18(25)23(19)12-15)17(24)20-9-14-7-5-13(2)6-8-14/h5-8,10-12H,9H2,1-2H3,(H,20,24). The number of aryl methyl sites for hydroxylation is 1. The minimum Gasteiger partial charge on any atom is -0.348 e. The zero-order chi connectivity index (χ0) is 17.8. The Labute approximate surface area is 144 Å². The number of hydrogen-bond acceptors (Lipinski definition) is 4.